The van der Waals surface area contributed by atoms with Crippen molar-refractivity contribution in [3.63, 3.8) is 0 Å². The summed E-state index contributed by atoms with van der Waals surface area (Å²) in [5.74, 6) is -2.03. The van der Waals surface area contributed by atoms with E-state index < -0.39 is 23.7 Å². The number of primary amides is 1. The Labute approximate surface area is 110 Å². The van der Waals surface area contributed by atoms with E-state index in [9.17, 15) is 14.0 Å². The SMILES string of the molecule is CCCC(OC)C(=O)Nc1cc(C(N)=O)ncc1F. The van der Waals surface area contributed by atoms with Gasteiger partial charge in [-0.05, 0) is 12.5 Å². The molecule has 0 aliphatic heterocycles. The fourth-order valence-electron chi connectivity index (χ4n) is 1.50. The standard InChI is InChI=1S/C12H16FN3O3/c1-3-4-10(19-2)12(18)16-8-5-9(11(14)17)15-6-7(8)13/h5-6,10H,3-4H2,1-2H3,(H2,14,17)(H,15,16,18). The van der Waals surface area contributed by atoms with Crippen LogP contribution in [0.3, 0.4) is 0 Å². The van der Waals surface area contributed by atoms with Gasteiger partial charge in [0.2, 0.25) is 0 Å². The van der Waals surface area contributed by atoms with E-state index in [0.717, 1.165) is 18.7 Å². The minimum Gasteiger partial charge on any atom is -0.372 e. The smallest absolute Gasteiger partial charge is 0.267 e. The van der Waals surface area contributed by atoms with Crippen molar-refractivity contribution in [2.45, 2.75) is 25.9 Å². The summed E-state index contributed by atoms with van der Waals surface area (Å²) >= 11 is 0. The summed E-state index contributed by atoms with van der Waals surface area (Å²) < 4.78 is 18.5. The fraction of sp³-hybridized carbons (Fsp3) is 0.417. The Morgan fingerprint density at radius 2 is 2.26 bits per heavy atom. The lowest BCUT2D eigenvalue weighted by Gasteiger charge is -2.14. The van der Waals surface area contributed by atoms with Gasteiger partial charge in [-0.15, -0.1) is 0 Å². The van der Waals surface area contributed by atoms with E-state index in [2.05, 4.69) is 10.3 Å². The number of hydrogen-bond acceptors (Lipinski definition) is 4. The lowest BCUT2D eigenvalue weighted by molar-refractivity contribution is -0.126. The highest BCUT2D eigenvalue weighted by atomic mass is 19.1. The third kappa shape index (κ3) is 3.99. The molecule has 0 aliphatic carbocycles. The van der Waals surface area contributed by atoms with Crippen LogP contribution in [0.2, 0.25) is 0 Å². The normalized spacial score (nSPS) is 11.9. The van der Waals surface area contributed by atoms with E-state index in [1.54, 1.807) is 0 Å². The van der Waals surface area contributed by atoms with Crippen molar-refractivity contribution in [1.82, 2.24) is 4.98 Å². The summed E-state index contributed by atoms with van der Waals surface area (Å²) in [6, 6.07) is 1.09. The molecule has 0 saturated carbocycles. The highest BCUT2D eigenvalue weighted by molar-refractivity contribution is 5.96. The first-order valence-electron chi connectivity index (χ1n) is 5.78. The summed E-state index contributed by atoms with van der Waals surface area (Å²) in [6.07, 6.45) is 1.42. The van der Waals surface area contributed by atoms with E-state index in [4.69, 9.17) is 10.5 Å². The van der Waals surface area contributed by atoms with Gasteiger partial charge in [0.25, 0.3) is 11.8 Å². The van der Waals surface area contributed by atoms with Gasteiger partial charge in [0, 0.05) is 7.11 Å². The van der Waals surface area contributed by atoms with Gasteiger partial charge in [-0.2, -0.15) is 0 Å². The van der Waals surface area contributed by atoms with Crippen LogP contribution in [0.5, 0.6) is 0 Å². The van der Waals surface area contributed by atoms with Crippen LogP contribution in [0.1, 0.15) is 30.3 Å². The van der Waals surface area contributed by atoms with Crippen LogP contribution in [-0.2, 0) is 9.53 Å². The first-order valence-corrected chi connectivity index (χ1v) is 5.78. The molecule has 104 valence electrons. The highest BCUT2D eigenvalue weighted by Crippen LogP contribution is 2.15. The molecular formula is C12H16FN3O3. The molecule has 1 aromatic rings. The predicted molar refractivity (Wildman–Crippen MR) is 67.0 cm³/mol. The second kappa shape index (κ2) is 6.79. The van der Waals surface area contributed by atoms with Crippen LogP contribution in [0.4, 0.5) is 10.1 Å². The van der Waals surface area contributed by atoms with E-state index in [1.165, 1.54) is 7.11 Å². The van der Waals surface area contributed by atoms with E-state index in [0.29, 0.717) is 6.42 Å². The van der Waals surface area contributed by atoms with Gasteiger partial charge in [0.1, 0.15) is 11.8 Å². The summed E-state index contributed by atoms with van der Waals surface area (Å²) in [7, 11) is 1.40. The molecule has 1 aromatic heterocycles. The number of methoxy groups -OCH3 is 1. The Morgan fingerprint density at radius 1 is 1.58 bits per heavy atom. The maximum Gasteiger partial charge on any atom is 0.267 e. The number of rotatable bonds is 6. The van der Waals surface area contributed by atoms with Crippen molar-refractivity contribution in [2.75, 3.05) is 12.4 Å². The second-order valence-electron chi connectivity index (χ2n) is 3.92. The number of nitrogens with one attached hydrogen (secondary N) is 1. The average Bonchev–Trinajstić information content (AvgIpc) is 2.38. The number of ether oxygens (including phenoxy) is 1. The van der Waals surface area contributed by atoms with Gasteiger partial charge >= 0.3 is 0 Å². The number of aromatic nitrogens is 1. The molecule has 1 rings (SSSR count). The van der Waals surface area contributed by atoms with Crippen molar-refractivity contribution >= 4 is 17.5 Å². The molecule has 19 heavy (non-hydrogen) atoms. The number of hydrogen-bond donors (Lipinski definition) is 2. The summed E-state index contributed by atoms with van der Waals surface area (Å²) in [5.41, 5.74) is 4.77. The monoisotopic (exact) mass is 269 g/mol. The first kappa shape index (κ1) is 15.0. The van der Waals surface area contributed by atoms with Gasteiger partial charge in [-0.1, -0.05) is 13.3 Å². The average molecular weight is 269 g/mol. The zero-order chi connectivity index (χ0) is 14.4. The molecule has 0 saturated heterocycles. The van der Waals surface area contributed by atoms with Gasteiger partial charge in [0.15, 0.2) is 5.82 Å². The van der Waals surface area contributed by atoms with Crippen molar-refractivity contribution in [1.29, 1.82) is 0 Å². The summed E-state index contributed by atoms with van der Waals surface area (Å²) in [5, 5.41) is 2.35. The van der Waals surface area contributed by atoms with Crippen LogP contribution < -0.4 is 11.1 Å². The van der Waals surface area contributed by atoms with Crippen molar-refractivity contribution in [3.8, 4) is 0 Å². The third-order valence-corrected chi connectivity index (χ3v) is 2.49. The molecule has 1 atom stereocenters. The number of halogens is 1. The predicted octanol–water partition coefficient (Wildman–Crippen LogP) is 1.07. The molecule has 0 aromatic carbocycles. The lowest BCUT2D eigenvalue weighted by atomic mass is 10.2. The van der Waals surface area contributed by atoms with Crippen molar-refractivity contribution in [3.05, 3.63) is 23.8 Å². The summed E-state index contributed by atoms with van der Waals surface area (Å²) in [6.45, 7) is 1.90. The number of amides is 2. The minimum absolute atomic E-state index is 0.124. The van der Waals surface area contributed by atoms with Gasteiger partial charge < -0.3 is 15.8 Å². The molecular weight excluding hydrogens is 253 g/mol. The van der Waals surface area contributed by atoms with Crippen molar-refractivity contribution < 1.29 is 18.7 Å². The topological polar surface area (TPSA) is 94.3 Å². The maximum atomic E-state index is 13.5. The van der Waals surface area contributed by atoms with Crippen LogP contribution in [0.25, 0.3) is 0 Å². The highest BCUT2D eigenvalue weighted by Gasteiger charge is 2.19. The molecule has 1 unspecified atom stereocenters. The molecule has 0 radical (unpaired) electrons. The Kier molecular flexibility index (Phi) is 5.37. The molecule has 0 bridgehead atoms. The molecule has 3 N–H and O–H groups in total. The first-order chi connectivity index (χ1) is 8.99. The van der Waals surface area contributed by atoms with Crippen LogP contribution >= 0.6 is 0 Å². The molecule has 0 aliphatic rings. The van der Waals surface area contributed by atoms with Gasteiger partial charge in [-0.3, -0.25) is 9.59 Å². The second-order valence-corrected chi connectivity index (χ2v) is 3.92. The van der Waals surface area contributed by atoms with E-state index >= 15 is 0 Å². The summed E-state index contributed by atoms with van der Waals surface area (Å²) in [4.78, 5) is 26.3. The zero-order valence-electron chi connectivity index (χ0n) is 10.8. The van der Waals surface area contributed by atoms with Crippen LogP contribution in [-0.4, -0.2) is 30.0 Å². The third-order valence-electron chi connectivity index (χ3n) is 2.49. The molecule has 0 fully saturated rings. The molecule has 7 heteroatoms. The molecule has 0 spiro atoms. The molecule has 1 heterocycles. The minimum atomic E-state index is -0.799. The number of carbonyl (C=O) groups is 2. The number of pyridine rings is 1. The van der Waals surface area contributed by atoms with E-state index in [-0.39, 0.29) is 11.4 Å². The number of nitrogens with zero attached hydrogens (tertiary/aromatic N) is 1. The lowest BCUT2D eigenvalue weighted by Crippen LogP contribution is -2.30. The number of nitrogens with two attached hydrogens (primary N) is 1. The Balaban J connectivity index is 2.89. The van der Waals surface area contributed by atoms with Crippen LogP contribution in [0.15, 0.2) is 12.3 Å². The van der Waals surface area contributed by atoms with Gasteiger partial charge in [-0.25, -0.2) is 9.37 Å². The fourth-order valence-corrected chi connectivity index (χ4v) is 1.50. The Hall–Kier alpha value is -2.02. The Bertz CT molecular complexity index is 479. The van der Waals surface area contributed by atoms with E-state index in [1.807, 2.05) is 6.92 Å². The zero-order valence-corrected chi connectivity index (χ0v) is 10.8. The van der Waals surface area contributed by atoms with Crippen molar-refractivity contribution in [2.24, 2.45) is 5.73 Å². The Morgan fingerprint density at radius 3 is 2.79 bits per heavy atom. The number of anilines is 1. The molecule has 2 amide bonds. The quantitative estimate of drug-likeness (QED) is 0.807. The van der Waals surface area contributed by atoms with Crippen LogP contribution in [0, 0.1) is 5.82 Å². The molecule has 6 nitrogen and oxygen atoms in total. The largest absolute Gasteiger partial charge is 0.372 e. The maximum absolute atomic E-state index is 13.5. The van der Waals surface area contributed by atoms with Gasteiger partial charge in [0.05, 0.1) is 11.9 Å². The number of carbonyl (C=O) groups excluding carboxylic acids is 2.